The Bertz CT molecular complexity index is 796. The fraction of sp³-hybridized carbons (Fsp3) is 0.471. The molecule has 1 heterocycles. The molecule has 0 aromatic carbocycles. The number of rotatable bonds is 3. The standard InChI is InChI=1S/C17H19N3O2S/c1-9-6-11-13(12(9)7-23-15-18-8-19-20-15)10(2)17(4-5-17)16(3,22)14(11)21/h6,8,22H,4-5,7H2,1-3H3,(H,18,19,20)/t16-/m0/s1. The maximum atomic E-state index is 12.8. The van der Waals surface area contributed by atoms with Crippen molar-refractivity contribution in [1.29, 1.82) is 0 Å². The summed E-state index contributed by atoms with van der Waals surface area (Å²) in [6, 6.07) is 0. The summed E-state index contributed by atoms with van der Waals surface area (Å²) >= 11 is 1.58. The lowest BCUT2D eigenvalue weighted by atomic mass is 9.67. The van der Waals surface area contributed by atoms with Crippen molar-refractivity contribution >= 4 is 17.5 Å². The summed E-state index contributed by atoms with van der Waals surface area (Å²) in [5.74, 6) is 0.605. The number of thioether (sulfide) groups is 1. The minimum Gasteiger partial charge on any atom is -0.381 e. The van der Waals surface area contributed by atoms with Gasteiger partial charge >= 0.3 is 0 Å². The minimum absolute atomic E-state index is 0.130. The third kappa shape index (κ3) is 1.88. The summed E-state index contributed by atoms with van der Waals surface area (Å²) in [4.78, 5) is 17.0. The van der Waals surface area contributed by atoms with Crippen LogP contribution in [0.4, 0.5) is 0 Å². The predicted molar refractivity (Wildman–Crippen MR) is 87.9 cm³/mol. The predicted octanol–water partition coefficient (Wildman–Crippen LogP) is 2.58. The van der Waals surface area contributed by atoms with Crippen LogP contribution in [0.5, 0.6) is 0 Å². The summed E-state index contributed by atoms with van der Waals surface area (Å²) in [6.45, 7) is 5.79. The summed E-state index contributed by atoms with van der Waals surface area (Å²) in [5.41, 5.74) is 3.54. The van der Waals surface area contributed by atoms with Gasteiger partial charge in [0, 0.05) is 16.7 Å². The van der Waals surface area contributed by atoms with Gasteiger partial charge in [-0.3, -0.25) is 9.89 Å². The lowest BCUT2D eigenvalue weighted by Gasteiger charge is -2.39. The highest BCUT2D eigenvalue weighted by atomic mass is 32.2. The number of fused-ring (bicyclic) bond motifs is 1. The number of Topliss-reactive ketones (excluding diaryl/α,β-unsaturated/α-hetero) is 1. The van der Waals surface area contributed by atoms with Crippen LogP contribution < -0.4 is 0 Å². The topological polar surface area (TPSA) is 78.9 Å². The molecule has 2 N–H and O–H groups in total. The first kappa shape index (κ1) is 14.9. The molecule has 0 amide bonds. The molecular formula is C17H19N3O2S. The maximum Gasteiger partial charge on any atom is 0.195 e. The molecule has 0 unspecified atom stereocenters. The van der Waals surface area contributed by atoms with E-state index in [0.29, 0.717) is 5.57 Å². The Balaban J connectivity index is 1.74. The van der Waals surface area contributed by atoms with E-state index in [9.17, 15) is 9.90 Å². The van der Waals surface area contributed by atoms with Crippen LogP contribution in [0.1, 0.15) is 33.6 Å². The van der Waals surface area contributed by atoms with Crippen LogP contribution in [-0.4, -0.2) is 37.4 Å². The third-order valence-corrected chi connectivity index (χ3v) is 6.52. The van der Waals surface area contributed by atoms with Gasteiger partial charge in [0.1, 0.15) is 11.9 Å². The highest BCUT2D eigenvalue weighted by Crippen LogP contribution is 2.65. The Morgan fingerprint density at radius 3 is 2.74 bits per heavy atom. The molecule has 1 saturated carbocycles. The van der Waals surface area contributed by atoms with Crippen LogP contribution in [0, 0.1) is 5.41 Å². The molecule has 0 aliphatic heterocycles. The number of nitrogens with zero attached hydrogens (tertiary/aromatic N) is 2. The van der Waals surface area contributed by atoms with Crippen molar-refractivity contribution < 1.29 is 9.90 Å². The Labute approximate surface area is 139 Å². The number of ketones is 1. The molecule has 1 fully saturated rings. The number of aromatic nitrogens is 3. The number of carbonyl (C=O) groups is 1. The van der Waals surface area contributed by atoms with Crippen molar-refractivity contribution in [1.82, 2.24) is 15.2 Å². The van der Waals surface area contributed by atoms with Crippen LogP contribution in [0.3, 0.4) is 0 Å². The van der Waals surface area contributed by atoms with Crippen LogP contribution in [-0.2, 0) is 4.79 Å². The molecule has 0 saturated heterocycles. The van der Waals surface area contributed by atoms with E-state index in [1.165, 1.54) is 17.5 Å². The maximum absolute atomic E-state index is 12.8. The number of hydrogen-bond acceptors (Lipinski definition) is 5. The molecule has 1 atom stereocenters. The van der Waals surface area contributed by atoms with E-state index in [1.807, 2.05) is 13.0 Å². The van der Waals surface area contributed by atoms with Gasteiger partial charge in [-0.05, 0) is 56.4 Å². The second-order valence-corrected chi connectivity index (χ2v) is 7.75. The molecule has 23 heavy (non-hydrogen) atoms. The van der Waals surface area contributed by atoms with Gasteiger partial charge in [-0.2, -0.15) is 5.10 Å². The van der Waals surface area contributed by atoms with Crippen molar-refractivity contribution in [3.8, 4) is 0 Å². The Hall–Kier alpha value is -1.66. The van der Waals surface area contributed by atoms with E-state index in [-0.39, 0.29) is 11.2 Å². The quantitative estimate of drug-likeness (QED) is 0.833. The molecule has 3 aliphatic rings. The molecular weight excluding hydrogens is 310 g/mol. The van der Waals surface area contributed by atoms with Crippen LogP contribution in [0.25, 0.3) is 0 Å². The van der Waals surface area contributed by atoms with Gasteiger partial charge in [-0.1, -0.05) is 17.3 Å². The zero-order valence-corrected chi connectivity index (χ0v) is 14.3. The van der Waals surface area contributed by atoms with E-state index in [1.54, 1.807) is 18.7 Å². The summed E-state index contributed by atoms with van der Waals surface area (Å²) in [5, 5.41) is 18.3. The third-order valence-electron chi connectivity index (χ3n) is 5.62. The van der Waals surface area contributed by atoms with E-state index in [4.69, 9.17) is 0 Å². The van der Waals surface area contributed by atoms with E-state index < -0.39 is 5.60 Å². The fourth-order valence-corrected chi connectivity index (χ4v) is 4.90. The molecule has 5 nitrogen and oxygen atoms in total. The van der Waals surface area contributed by atoms with Gasteiger partial charge in [0.05, 0.1) is 0 Å². The highest BCUT2D eigenvalue weighted by molar-refractivity contribution is 7.99. The largest absolute Gasteiger partial charge is 0.381 e. The first-order chi connectivity index (χ1) is 10.9. The second-order valence-electron chi connectivity index (χ2n) is 6.78. The molecule has 1 aromatic heterocycles. The number of aromatic amines is 1. The van der Waals surface area contributed by atoms with Crippen LogP contribution in [0.2, 0.25) is 0 Å². The molecule has 0 bridgehead atoms. The van der Waals surface area contributed by atoms with E-state index in [2.05, 4.69) is 22.1 Å². The molecule has 6 heteroatoms. The number of aliphatic hydroxyl groups is 1. The first-order valence-corrected chi connectivity index (χ1v) is 8.76. The normalized spacial score (nSPS) is 28.5. The van der Waals surface area contributed by atoms with Crippen molar-refractivity contribution in [3.63, 3.8) is 0 Å². The number of carbonyl (C=O) groups excluding carboxylic acids is 1. The lowest BCUT2D eigenvalue weighted by molar-refractivity contribution is -0.137. The van der Waals surface area contributed by atoms with Gasteiger partial charge in [-0.15, -0.1) is 0 Å². The average molecular weight is 329 g/mol. The smallest absolute Gasteiger partial charge is 0.195 e. The molecule has 1 aromatic rings. The zero-order chi connectivity index (χ0) is 16.4. The molecule has 120 valence electrons. The molecule has 1 spiro atoms. The molecule has 0 radical (unpaired) electrons. The number of allylic oxidation sites excluding steroid dienone is 3. The molecule has 4 rings (SSSR count). The minimum atomic E-state index is -1.28. The Morgan fingerprint density at radius 1 is 1.39 bits per heavy atom. The van der Waals surface area contributed by atoms with Gasteiger partial charge < -0.3 is 5.11 Å². The van der Waals surface area contributed by atoms with Crippen LogP contribution >= 0.6 is 11.8 Å². The van der Waals surface area contributed by atoms with Gasteiger partial charge in [0.2, 0.25) is 0 Å². The van der Waals surface area contributed by atoms with E-state index in [0.717, 1.165) is 34.9 Å². The number of nitrogens with one attached hydrogen (secondary N) is 1. The zero-order valence-electron chi connectivity index (χ0n) is 13.4. The number of H-pyrrole nitrogens is 1. The molecule has 3 aliphatic carbocycles. The average Bonchev–Trinajstić information content (AvgIpc) is 3.05. The van der Waals surface area contributed by atoms with Crippen molar-refractivity contribution in [2.75, 3.05) is 5.75 Å². The monoisotopic (exact) mass is 329 g/mol. The summed E-state index contributed by atoms with van der Waals surface area (Å²) < 4.78 is 0. The van der Waals surface area contributed by atoms with Crippen LogP contribution in [0.15, 0.2) is 45.4 Å². The first-order valence-electron chi connectivity index (χ1n) is 7.77. The van der Waals surface area contributed by atoms with Gasteiger partial charge in [0.25, 0.3) is 0 Å². The summed E-state index contributed by atoms with van der Waals surface area (Å²) in [6.07, 6.45) is 5.19. The Kier molecular flexibility index (Phi) is 3.03. The van der Waals surface area contributed by atoms with Gasteiger partial charge in [0.15, 0.2) is 10.9 Å². The van der Waals surface area contributed by atoms with Crippen molar-refractivity contribution in [3.05, 3.63) is 40.3 Å². The summed E-state index contributed by atoms with van der Waals surface area (Å²) in [7, 11) is 0. The lowest BCUT2D eigenvalue weighted by Crippen LogP contribution is -2.49. The van der Waals surface area contributed by atoms with E-state index >= 15 is 0 Å². The van der Waals surface area contributed by atoms with Gasteiger partial charge in [-0.25, -0.2) is 4.98 Å². The van der Waals surface area contributed by atoms with Crippen molar-refractivity contribution in [2.24, 2.45) is 5.41 Å². The Morgan fingerprint density at radius 2 is 2.13 bits per heavy atom. The second kappa shape index (κ2) is 4.68. The van der Waals surface area contributed by atoms with Crippen molar-refractivity contribution in [2.45, 2.75) is 44.4 Å². The highest BCUT2D eigenvalue weighted by Gasteiger charge is 2.64. The number of hydrogen-bond donors (Lipinski definition) is 2. The SMILES string of the molecule is CC1=C(CSc2ncn[nH]2)C2=C(C)C3(CC3)[C@@](C)(O)C(=O)C2=C1. The fourth-order valence-electron chi connectivity index (χ4n) is 4.00.